The average Bonchev–Trinajstić information content (AvgIpc) is 3.04. The number of anilines is 1. The van der Waals surface area contributed by atoms with Gasteiger partial charge in [-0.25, -0.2) is 4.57 Å². The summed E-state index contributed by atoms with van der Waals surface area (Å²) in [5.41, 5.74) is 1.68. The molecule has 2 bridgehead atoms. The van der Waals surface area contributed by atoms with Crippen molar-refractivity contribution in [1.82, 2.24) is 5.32 Å². The summed E-state index contributed by atoms with van der Waals surface area (Å²) >= 11 is 0. The van der Waals surface area contributed by atoms with Crippen molar-refractivity contribution in [1.29, 1.82) is 0 Å². The third-order valence-electron chi connectivity index (χ3n) is 9.03. The number of esters is 1. The Morgan fingerprint density at radius 3 is 2.31 bits per heavy atom. The number of rotatable bonds is 7. The van der Waals surface area contributed by atoms with Crippen LogP contribution in [-0.2, 0) is 33.3 Å². The number of amides is 2. The molecule has 0 aromatic heterocycles. The zero-order chi connectivity index (χ0) is 38.9. The Balaban J connectivity index is 1.92. The van der Waals surface area contributed by atoms with E-state index in [1.54, 1.807) is 25.2 Å². The molecule has 52 heavy (non-hydrogen) atoms. The molecular weight excluding hydrogens is 687 g/mol. The number of ether oxygens (including phenoxy) is 1. The van der Waals surface area contributed by atoms with Crippen molar-refractivity contribution in [3.8, 4) is 5.75 Å². The van der Waals surface area contributed by atoms with Crippen LogP contribution in [0.5, 0.6) is 5.75 Å². The van der Waals surface area contributed by atoms with Crippen LogP contribution in [0.1, 0.15) is 74.1 Å². The molecule has 1 heterocycles. The lowest BCUT2D eigenvalue weighted by Gasteiger charge is -2.28. The maximum Gasteiger partial charge on any atom is 0.373 e. The van der Waals surface area contributed by atoms with Gasteiger partial charge in [-0.3, -0.25) is 24.0 Å². The molecule has 0 saturated heterocycles. The summed E-state index contributed by atoms with van der Waals surface area (Å²) in [6, 6.07) is 5.88. The van der Waals surface area contributed by atoms with E-state index in [1.807, 2.05) is 40.7 Å². The average molecular weight is 739 g/mol. The standard InChI is InChI=1S/C39H51N2O10P/c1-22-18-25(4)36(45)26(5)20-27(6)38(50-28(7)42)23(2)10-9-11-24(3)39(47)41-33-21-34(43)31(32(19-22)37(33)46)16-17-35(44)40-29-12-14-30(15-13-29)51-52(8,48)49/h9-15,20-23,25-26,36,38,45H,16-19H2,1-8H3,(H,40,44)(H,41,47)(H,48,49)/b10-9-,24-11+,27-20+/t22-,23-,25?,26-,36-,38+/m0/s1. The van der Waals surface area contributed by atoms with E-state index in [2.05, 4.69) is 10.6 Å². The zero-order valence-electron chi connectivity index (χ0n) is 31.1. The van der Waals surface area contributed by atoms with E-state index < -0.39 is 49.2 Å². The van der Waals surface area contributed by atoms with E-state index in [4.69, 9.17) is 9.26 Å². The molecule has 1 aliphatic heterocycles. The quantitative estimate of drug-likeness (QED) is 0.110. The number of aliphatic hydroxyl groups is 1. The van der Waals surface area contributed by atoms with Gasteiger partial charge in [-0.15, -0.1) is 0 Å². The number of allylic oxidation sites excluding steroid dienone is 5. The van der Waals surface area contributed by atoms with Gasteiger partial charge in [-0.2, -0.15) is 0 Å². The second kappa shape index (κ2) is 18.4. The van der Waals surface area contributed by atoms with E-state index in [1.165, 1.54) is 31.2 Å². The molecule has 3 rings (SSSR count). The van der Waals surface area contributed by atoms with Crippen LogP contribution >= 0.6 is 7.60 Å². The van der Waals surface area contributed by atoms with Gasteiger partial charge < -0.3 is 29.9 Å². The fourth-order valence-corrected chi connectivity index (χ4v) is 6.98. The van der Waals surface area contributed by atoms with Gasteiger partial charge in [0.2, 0.25) is 11.7 Å². The highest BCUT2D eigenvalue weighted by Crippen LogP contribution is 2.38. The molecule has 12 nitrogen and oxygen atoms in total. The smallest absolute Gasteiger partial charge is 0.373 e. The van der Waals surface area contributed by atoms with Gasteiger partial charge in [0.05, 0.1) is 11.8 Å². The van der Waals surface area contributed by atoms with E-state index >= 15 is 0 Å². The summed E-state index contributed by atoms with van der Waals surface area (Å²) in [5.74, 6) is -3.24. The SMILES string of the molecule is CC(=O)O[C@H]1/C(C)=C/[C@H](C)[C@@H](O)C(C)C[C@H](C)CC2=C(CCC(=O)Nc3ccc(OP(C)(=O)O)cc3)C(=O)C=C(NC(=O)/C(C)=C/C=C\[C@@H]1C)C2=O. The zero-order valence-corrected chi connectivity index (χ0v) is 32.0. The molecule has 0 radical (unpaired) electrons. The van der Waals surface area contributed by atoms with Crippen molar-refractivity contribution >= 4 is 42.6 Å². The first-order chi connectivity index (χ1) is 24.2. The molecule has 0 spiro atoms. The van der Waals surface area contributed by atoms with E-state index in [0.29, 0.717) is 12.1 Å². The van der Waals surface area contributed by atoms with Gasteiger partial charge in [0.1, 0.15) is 11.9 Å². The minimum absolute atomic E-state index is 0.0361. The van der Waals surface area contributed by atoms with Crippen LogP contribution in [0.3, 0.4) is 0 Å². The Bertz CT molecular complexity index is 1750. The fourth-order valence-electron chi connectivity index (χ4n) is 6.47. The number of nitrogens with one attached hydrogen (secondary N) is 2. The molecule has 1 aromatic rings. The summed E-state index contributed by atoms with van der Waals surface area (Å²) in [6.45, 7) is 13.4. The van der Waals surface area contributed by atoms with Crippen molar-refractivity contribution in [2.75, 3.05) is 12.0 Å². The molecule has 282 valence electrons. The Morgan fingerprint density at radius 1 is 1.04 bits per heavy atom. The minimum Gasteiger partial charge on any atom is -0.457 e. The van der Waals surface area contributed by atoms with Crippen molar-refractivity contribution in [3.05, 3.63) is 82.6 Å². The number of carbonyl (C=O) groups excluding carboxylic acids is 5. The van der Waals surface area contributed by atoms with Crippen LogP contribution in [0, 0.1) is 23.7 Å². The largest absolute Gasteiger partial charge is 0.457 e. The number of fused-ring (bicyclic) bond motifs is 2. The summed E-state index contributed by atoms with van der Waals surface area (Å²) in [5, 5.41) is 16.6. The van der Waals surface area contributed by atoms with Crippen LogP contribution < -0.4 is 15.2 Å². The third kappa shape index (κ3) is 12.4. The van der Waals surface area contributed by atoms with Gasteiger partial charge >= 0.3 is 13.6 Å². The molecule has 4 N–H and O–H groups in total. The number of ketones is 2. The van der Waals surface area contributed by atoms with E-state index in [0.717, 1.165) is 18.3 Å². The topological polar surface area (TPSA) is 185 Å². The monoisotopic (exact) mass is 738 g/mol. The van der Waals surface area contributed by atoms with Crippen LogP contribution in [0.25, 0.3) is 0 Å². The van der Waals surface area contributed by atoms with Crippen molar-refractivity contribution in [2.45, 2.75) is 86.4 Å². The highest BCUT2D eigenvalue weighted by Gasteiger charge is 2.32. The van der Waals surface area contributed by atoms with E-state index in [9.17, 15) is 38.5 Å². The van der Waals surface area contributed by atoms with Gasteiger partial charge in [-0.1, -0.05) is 52.0 Å². The first kappa shape index (κ1) is 42.0. The molecule has 2 amide bonds. The predicted octanol–water partition coefficient (Wildman–Crippen LogP) is 6.13. The Morgan fingerprint density at radius 2 is 1.69 bits per heavy atom. The van der Waals surface area contributed by atoms with E-state index in [-0.39, 0.29) is 71.1 Å². The first-order valence-corrected chi connectivity index (χ1v) is 19.4. The second-order valence-corrected chi connectivity index (χ2v) is 15.8. The molecule has 1 aliphatic carbocycles. The normalized spacial score (nSPS) is 29.0. The number of aliphatic hydroxyl groups excluding tert-OH is 1. The number of carbonyl (C=O) groups is 5. The molecule has 7 atom stereocenters. The first-order valence-electron chi connectivity index (χ1n) is 17.4. The molecule has 1 aromatic carbocycles. The summed E-state index contributed by atoms with van der Waals surface area (Å²) < 4.78 is 22.1. The van der Waals surface area contributed by atoms with Gasteiger partial charge in [0, 0.05) is 60.3 Å². The molecule has 0 fully saturated rings. The molecule has 0 saturated carbocycles. The Hall–Kier alpha value is -4.38. The molecular formula is C39H51N2O10P. The summed E-state index contributed by atoms with van der Waals surface area (Å²) in [4.78, 5) is 74.9. The van der Waals surface area contributed by atoms with Gasteiger partial charge in [0.15, 0.2) is 5.78 Å². The Labute approximate surface area is 305 Å². The Kier molecular flexibility index (Phi) is 14.9. The van der Waals surface area contributed by atoms with Gasteiger partial charge in [0.25, 0.3) is 5.91 Å². The van der Waals surface area contributed by atoms with Crippen molar-refractivity contribution in [2.24, 2.45) is 23.7 Å². The number of Topliss-reactive ketones (excluding diaryl/α,β-unsaturated/α-hetero) is 1. The third-order valence-corrected chi connectivity index (χ3v) is 9.58. The summed E-state index contributed by atoms with van der Waals surface area (Å²) in [6.07, 6.45) is 7.17. The van der Waals surface area contributed by atoms with Crippen molar-refractivity contribution < 1.29 is 47.8 Å². The fraction of sp³-hybridized carbons (Fsp3) is 0.462. The van der Waals surface area contributed by atoms with Crippen LogP contribution in [0.15, 0.2) is 82.6 Å². The molecule has 2 unspecified atom stereocenters. The highest BCUT2D eigenvalue weighted by atomic mass is 31.2. The maximum absolute atomic E-state index is 13.9. The number of hydrogen-bond acceptors (Lipinski definition) is 9. The summed E-state index contributed by atoms with van der Waals surface area (Å²) in [7, 11) is -3.75. The van der Waals surface area contributed by atoms with Crippen LogP contribution in [0.4, 0.5) is 5.69 Å². The number of hydrogen-bond donors (Lipinski definition) is 4. The van der Waals surface area contributed by atoms with Crippen LogP contribution in [0.2, 0.25) is 0 Å². The van der Waals surface area contributed by atoms with Gasteiger partial charge in [-0.05, 0) is 74.8 Å². The number of benzene rings is 1. The van der Waals surface area contributed by atoms with Crippen molar-refractivity contribution in [3.63, 3.8) is 0 Å². The molecule has 13 heteroatoms. The molecule has 2 aliphatic rings. The lowest BCUT2D eigenvalue weighted by molar-refractivity contribution is -0.146. The predicted molar refractivity (Wildman–Crippen MR) is 198 cm³/mol. The lowest BCUT2D eigenvalue weighted by atomic mass is 9.80. The lowest BCUT2D eigenvalue weighted by Crippen LogP contribution is -2.33. The second-order valence-electron chi connectivity index (χ2n) is 14.0. The minimum atomic E-state index is -3.75. The maximum atomic E-state index is 13.9. The van der Waals surface area contributed by atoms with Crippen LogP contribution in [-0.4, -0.2) is 58.2 Å². The highest BCUT2D eigenvalue weighted by molar-refractivity contribution is 7.52.